The zero-order chi connectivity index (χ0) is 14.8. The molecule has 1 aromatic rings. The van der Waals surface area contributed by atoms with Gasteiger partial charge in [0.05, 0.1) is 5.69 Å². The fraction of sp³-hybridized carbons (Fsp3) is 0.500. The molecular formula is C12H17BrFN3O2S. The summed E-state index contributed by atoms with van der Waals surface area (Å²) in [5.41, 5.74) is 5.92. The average molecular weight is 366 g/mol. The molecule has 1 fully saturated rings. The molecule has 0 radical (unpaired) electrons. The number of hydrogen-bond acceptors (Lipinski definition) is 3. The number of piperidine rings is 1. The molecule has 0 spiro atoms. The molecule has 1 aliphatic rings. The van der Waals surface area contributed by atoms with E-state index < -0.39 is 16.0 Å². The highest BCUT2D eigenvalue weighted by Gasteiger charge is 2.27. The highest BCUT2D eigenvalue weighted by atomic mass is 79.9. The minimum atomic E-state index is -3.61. The Morgan fingerprint density at radius 1 is 1.40 bits per heavy atom. The van der Waals surface area contributed by atoms with Gasteiger partial charge in [0, 0.05) is 17.6 Å². The van der Waals surface area contributed by atoms with E-state index in [0.29, 0.717) is 35.7 Å². The second-order valence-corrected chi connectivity index (χ2v) is 7.33. The van der Waals surface area contributed by atoms with Crippen molar-refractivity contribution in [3.05, 3.63) is 28.5 Å². The molecule has 0 saturated carbocycles. The molecule has 0 atom stereocenters. The van der Waals surface area contributed by atoms with Crippen LogP contribution in [0.25, 0.3) is 0 Å². The minimum absolute atomic E-state index is 0.326. The maximum atomic E-state index is 13.0. The van der Waals surface area contributed by atoms with Gasteiger partial charge < -0.3 is 5.73 Å². The lowest BCUT2D eigenvalue weighted by atomic mass is 9.99. The fourth-order valence-electron chi connectivity index (χ4n) is 2.16. The van der Waals surface area contributed by atoms with Gasteiger partial charge in [0.1, 0.15) is 5.82 Å². The molecule has 2 rings (SSSR count). The lowest BCUT2D eigenvalue weighted by Gasteiger charge is -2.30. The third-order valence-electron chi connectivity index (χ3n) is 3.42. The first-order valence-electron chi connectivity index (χ1n) is 6.35. The van der Waals surface area contributed by atoms with Crippen molar-refractivity contribution in [3.63, 3.8) is 0 Å². The lowest BCUT2D eigenvalue weighted by Crippen LogP contribution is -2.42. The fourth-order valence-corrected chi connectivity index (χ4v) is 4.02. The molecule has 1 saturated heterocycles. The maximum absolute atomic E-state index is 13.0. The Labute approximate surface area is 126 Å². The summed E-state index contributed by atoms with van der Waals surface area (Å²) in [5.74, 6) is -0.0393. The predicted molar refractivity (Wildman–Crippen MR) is 80.0 cm³/mol. The van der Waals surface area contributed by atoms with E-state index in [4.69, 9.17) is 5.73 Å². The van der Waals surface area contributed by atoms with Crippen LogP contribution in [0.3, 0.4) is 0 Å². The summed E-state index contributed by atoms with van der Waals surface area (Å²) < 4.78 is 41.7. The van der Waals surface area contributed by atoms with E-state index >= 15 is 0 Å². The smallest absolute Gasteiger partial charge is 0.301 e. The van der Waals surface area contributed by atoms with Gasteiger partial charge in [0.2, 0.25) is 0 Å². The van der Waals surface area contributed by atoms with Crippen molar-refractivity contribution < 1.29 is 12.8 Å². The molecule has 20 heavy (non-hydrogen) atoms. The van der Waals surface area contributed by atoms with E-state index in [0.717, 1.165) is 12.8 Å². The second-order valence-electron chi connectivity index (χ2n) is 4.81. The Bertz CT molecular complexity index is 574. The normalized spacial score (nSPS) is 18.1. The number of nitrogens with zero attached hydrogens (tertiary/aromatic N) is 1. The number of rotatable bonds is 4. The summed E-state index contributed by atoms with van der Waals surface area (Å²) in [6.07, 6.45) is 1.53. The highest BCUT2D eigenvalue weighted by molar-refractivity contribution is 9.10. The SMILES string of the molecule is NCC1CCN(S(=O)(=O)Nc2ccc(F)cc2Br)CC1. The van der Waals surface area contributed by atoms with Crippen molar-refractivity contribution >= 4 is 31.8 Å². The first-order chi connectivity index (χ1) is 9.42. The van der Waals surface area contributed by atoms with Crippen LogP contribution in [0.15, 0.2) is 22.7 Å². The van der Waals surface area contributed by atoms with Crippen molar-refractivity contribution in [2.75, 3.05) is 24.4 Å². The van der Waals surface area contributed by atoms with Gasteiger partial charge in [-0.2, -0.15) is 12.7 Å². The molecule has 0 aromatic heterocycles. The van der Waals surface area contributed by atoms with E-state index in [1.807, 2.05) is 0 Å². The van der Waals surface area contributed by atoms with Crippen LogP contribution in [0, 0.1) is 11.7 Å². The van der Waals surface area contributed by atoms with Crippen LogP contribution in [0.5, 0.6) is 0 Å². The van der Waals surface area contributed by atoms with E-state index in [1.54, 1.807) is 0 Å². The van der Waals surface area contributed by atoms with Crippen LogP contribution >= 0.6 is 15.9 Å². The average Bonchev–Trinajstić information content (AvgIpc) is 2.42. The summed E-state index contributed by atoms with van der Waals surface area (Å²) in [4.78, 5) is 0. The Morgan fingerprint density at radius 3 is 2.60 bits per heavy atom. The van der Waals surface area contributed by atoms with Gasteiger partial charge in [0.25, 0.3) is 0 Å². The standard InChI is InChI=1S/C12H17BrFN3O2S/c13-11-7-10(14)1-2-12(11)16-20(18,19)17-5-3-9(8-15)4-6-17/h1-2,7,9,16H,3-6,8,15H2. The molecule has 5 nitrogen and oxygen atoms in total. The van der Waals surface area contributed by atoms with Crippen molar-refractivity contribution in [1.82, 2.24) is 4.31 Å². The molecule has 1 heterocycles. The Balaban J connectivity index is 2.08. The number of nitrogens with one attached hydrogen (secondary N) is 1. The Morgan fingerprint density at radius 2 is 2.05 bits per heavy atom. The van der Waals surface area contributed by atoms with Gasteiger partial charge in [-0.3, -0.25) is 4.72 Å². The molecular weight excluding hydrogens is 349 g/mol. The zero-order valence-corrected chi connectivity index (χ0v) is 13.3. The predicted octanol–water partition coefficient (Wildman–Crippen LogP) is 1.92. The summed E-state index contributed by atoms with van der Waals surface area (Å²) >= 11 is 3.14. The van der Waals surface area contributed by atoms with Gasteiger partial charge in [-0.05, 0) is 59.4 Å². The van der Waals surface area contributed by atoms with Crippen molar-refractivity contribution in [1.29, 1.82) is 0 Å². The summed E-state index contributed by atoms with van der Waals surface area (Å²) in [6, 6.07) is 3.82. The van der Waals surface area contributed by atoms with Crippen LogP contribution in [0.2, 0.25) is 0 Å². The van der Waals surface area contributed by atoms with Crippen LogP contribution in [0.4, 0.5) is 10.1 Å². The number of halogens is 2. The first kappa shape index (κ1) is 15.7. The third kappa shape index (κ3) is 3.69. The van der Waals surface area contributed by atoms with Gasteiger partial charge in [0.15, 0.2) is 0 Å². The van der Waals surface area contributed by atoms with Gasteiger partial charge >= 0.3 is 10.2 Å². The summed E-state index contributed by atoms with van der Waals surface area (Å²) in [5, 5.41) is 0. The topological polar surface area (TPSA) is 75.4 Å². The molecule has 8 heteroatoms. The number of anilines is 1. The van der Waals surface area contributed by atoms with Crippen LogP contribution < -0.4 is 10.5 Å². The van der Waals surface area contributed by atoms with Gasteiger partial charge in [-0.1, -0.05) is 0 Å². The second kappa shape index (κ2) is 6.38. The molecule has 1 aliphatic heterocycles. The summed E-state index contributed by atoms with van der Waals surface area (Å²) in [6.45, 7) is 1.50. The third-order valence-corrected chi connectivity index (χ3v) is 5.60. The number of nitrogens with two attached hydrogens (primary N) is 1. The van der Waals surface area contributed by atoms with Crippen LogP contribution in [0.1, 0.15) is 12.8 Å². The van der Waals surface area contributed by atoms with Crippen molar-refractivity contribution in [2.24, 2.45) is 11.7 Å². The maximum Gasteiger partial charge on any atom is 0.301 e. The molecule has 3 N–H and O–H groups in total. The van der Waals surface area contributed by atoms with Gasteiger partial charge in [-0.25, -0.2) is 4.39 Å². The molecule has 0 bridgehead atoms. The Kier molecular flexibility index (Phi) is 5.00. The zero-order valence-electron chi connectivity index (χ0n) is 10.9. The molecule has 0 unspecified atom stereocenters. The molecule has 0 amide bonds. The molecule has 0 aliphatic carbocycles. The van der Waals surface area contributed by atoms with E-state index in [9.17, 15) is 12.8 Å². The summed E-state index contributed by atoms with van der Waals surface area (Å²) in [7, 11) is -3.61. The van der Waals surface area contributed by atoms with Crippen LogP contribution in [-0.4, -0.2) is 32.4 Å². The number of benzene rings is 1. The minimum Gasteiger partial charge on any atom is -0.330 e. The van der Waals surface area contributed by atoms with Crippen molar-refractivity contribution in [2.45, 2.75) is 12.8 Å². The number of hydrogen-bond donors (Lipinski definition) is 2. The largest absolute Gasteiger partial charge is 0.330 e. The quantitative estimate of drug-likeness (QED) is 0.855. The lowest BCUT2D eigenvalue weighted by molar-refractivity contribution is 0.280. The highest BCUT2D eigenvalue weighted by Crippen LogP contribution is 2.26. The van der Waals surface area contributed by atoms with Crippen LogP contribution in [-0.2, 0) is 10.2 Å². The van der Waals surface area contributed by atoms with E-state index in [-0.39, 0.29) is 0 Å². The van der Waals surface area contributed by atoms with Gasteiger partial charge in [-0.15, -0.1) is 0 Å². The monoisotopic (exact) mass is 365 g/mol. The first-order valence-corrected chi connectivity index (χ1v) is 8.58. The molecule has 112 valence electrons. The Hall–Kier alpha value is -0.700. The molecule has 1 aromatic carbocycles. The van der Waals surface area contributed by atoms with Crippen molar-refractivity contribution in [3.8, 4) is 0 Å². The van der Waals surface area contributed by atoms with E-state index in [1.165, 1.54) is 22.5 Å². The van der Waals surface area contributed by atoms with E-state index in [2.05, 4.69) is 20.7 Å².